The number of benzene rings is 1. The molecule has 2 heteroatoms. The zero-order valence-electron chi connectivity index (χ0n) is 10.2. The molecule has 16 heavy (non-hydrogen) atoms. The van der Waals surface area contributed by atoms with E-state index in [4.69, 9.17) is 10.5 Å². The van der Waals surface area contributed by atoms with Crippen molar-refractivity contribution in [3.05, 3.63) is 34.9 Å². The highest BCUT2D eigenvalue weighted by molar-refractivity contribution is 5.39. The Hall–Kier alpha value is -0.860. The Bertz CT molecular complexity index is 362. The summed E-state index contributed by atoms with van der Waals surface area (Å²) in [7, 11) is 1.81. The summed E-state index contributed by atoms with van der Waals surface area (Å²) in [6.07, 6.45) is 3.72. The van der Waals surface area contributed by atoms with Gasteiger partial charge in [0, 0.05) is 7.11 Å². The van der Waals surface area contributed by atoms with Crippen molar-refractivity contribution in [3.8, 4) is 0 Å². The van der Waals surface area contributed by atoms with Crippen LogP contribution in [0.15, 0.2) is 18.2 Å². The number of hydrogen-bond donors (Lipinski definition) is 1. The maximum atomic E-state index is 5.77. The summed E-state index contributed by atoms with van der Waals surface area (Å²) in [5.74, 6) is 0.450. The number of nitrogens with two attached hydrogens (primary N) is 1. The van der Waals surface area contributed by atoms with E-state index in [2.05, 4.69) is 25.1 Å². The van der Waals surface area contributed by atoms with Gasteiger partial charge in [0.05, 0.1) is 6.10 Å². The minimum atomic E-state index is 0.388. The normalized spacial score (nSPS) is 21.6. The monoisotopic (exact) mass is 219 g/mol. The number of methoxy groups -OCH3 is 1. The SMILES string of the molecule is CO[C@@H]1CCc2cccc([C@@H](C)CN)c2C1. The standard InChI is InChI=1S/C14H21NO/c1-10(9-15)13-5-3-4-11-6-7-12(16-2)8-14(11)13/h3-5,10,12H,6-9,15H2,1-2H3/t10-,12+/m0/s1. The van der Waals surface area contributed by atoms with Crippen LogP contribution in [0.1, 0.15) is 36.0 Å². The van der Waals surface area contributed by atoms with E-state index in [-0.39, 0.29) is 0 Å². The van der Waals surface area contributed by atoms with Gasteiger partial charge < -0.3 is 10.5 Å². The van der Waals surface area contributed by atoms with E-state index in [1.165, 1.54) is 16.7 Å². The van der Waals surface area contributed by atoms with Crippen LogP contribution in [-0.2, 0) is 17.6 Å². The zero-order chi connectivity index (χ0) is 11.5. The molecule has 2 nitrogen and oxygen atoms in total. The summed E-state index contributed by atoms with van der Waals surface area (Å²) in [6, 6.07) is 6.62. The average molecular weight is 219 g/mol. The first kappa shape index (κ1) is 11.6. The fraction of sp³-hybridized carbons (Fsp3) is 0.571. The van der Waals surface area contributed by atoms with Gasteiger partial charge in [-0.3, -0.25) is 0 Å². The highest BCUT2D eigenvalue weighted by Crippen LogP contribution is 2.29. The van der Waals surface area contributed by atoms with E-state index in [0.717, 1.165) is 19.3 Å². The molecule has 1 aromatic carbocycles. The highest BCUT2D eigenvalue weighted by Gasteiger charge is 2.21. The van der Waals surface area contributed by atoms with Crippen molar-refractivity contribution in [2.75, 3.05) is 13.7 Å². The van der Waals surface area contributed by atoms with Gasteiger partial charge in [-0.1, -0.05) is 25.1 Å². The summed E-state index contributed by atoms with van der Waals surface area (Å²) in [5, 5.41) is 0. The molecule has 0 unspecified atom stereocenters. The quantitative estimate of drug-likeness (QED) is 0.846. The van der Waals surface area contributed by atoms with Gasteiger partial charge in [0.1, 0.15) is 0 Å². The molecule has 0 spiro atoms. The lowest BCUT2D eigenvalue weighted by Crippen LogP contribution is -2.23. The number of rotatable bonds is 3. The third-order valence-corrected chi connectivity index (χ3v) is 3.69. The second-order valence-electron chi connectivity index (χ2n) is 4.72. The summed E-state index contributed by atoms with van der Waals surface area (Å²) < 4.78 is 5.49. The molecule has 1 aromatic rings. The molecular weight excluding hydrogens is 198 g/mol. The molecule has 1 aliphatic rings. The maximum Gasteiger partial charge on any atom is 0.0615 e. The molecule has 0 fully saturated rings. The molecule has 2 N–H and O–H groups in total. The second-order valence-corrected chi connectivity index (χ2v) is 4.72. The summed E-state index contributed by atoms with van der Waals surface area (Å²) in [4.78, 5) is 0. The lowest BCUT2D eigenvalue weighted by atomic mass is 9.83. The van der Waals surface area contributed by atoms with Crippen molar-refractivity contribution in [1.82, 2.24) is 0 Å². The van der Waals surface area contributed by atoms with Gasteiger partial charge in [-0.25, -0.2) is 0 Å². The first-order valence-corrected chi connectivity index (χ1v) is 6.09. The largest absolute Gasteiger partial charge is 0.381 e. The molecule has 0 aliphatic heterocycles. The molecule has 0 bridgehead atoms. The van der Waals surface area contributed by atoms with Crippen molar-refractivity contribution in [2.45, 2.75) is 38.2 Å². The Morgan fingerprint density at radius 2 is 2.31 bits per heavy atom. The van der Waals surface area contributed by atoms with E-state index in [1.807, 2.05) is 7.11 Å². The van der Waals surface area contributed by atoms with Crippen LogP contribution in [-0.4, -0.2) is 19.8 Å². The number of ether oxygens (including phenoxy) is 1. The van der Waals surface area contributed by atoms with Crippen molar-refractivity contribution >= 4 is 0 Å². The molecule has 0 radical (unpaired) electrons. The van der Waals surface area contributed by atoms with E-state index in [1.54, 1.807) is 0 Å². The first-order valence-electron chi connectivity index (χ1n) is 6.09. The van der Waals surface area contributed by atoms with E-state index in [9.17, 15) is 0 Å². The fourth-order valence-electron chi connectivity index (χ4n) is 2.57. The molecular formula is C14H21NO. The van der Waals surface area contributed by atoms with Gasteiger partial charge in [-0.05, 0) is 48.4 Å². The maximum absolute atomic E-state index is 5.77. The zero-order valence-corrected chi connectivity index (χ0v) is 10.2. The Labute approximate surface area is 97.8 Å². The van der Waals surface area contributed by atoms with Crippen LogP contribution in [0.25, 0.3) is 0 Å². The number of hydrogen-bond acceptors (Lipinski definition) is 2. The third-order valence-electron chi connectivity index (χ3n) is 3.69. The second kappa shape index (κ2) is 4.98. The van der Waals surface area contributed by atoms with Gasteiger partial charge >= 0.3 is 0 Å². The third kappa shape index (κ3) is 2.13. The van der Waals surface area contributed by atoms with E-state index < -0.39 is 0 Å². The molecule has 0 amide bonds. The lowest BCUT2D eigenvalue weighted by Gasteiger charge is -2.27. The summed E-state index contributed by atoms with van der Waals surface area (Å²) in [6.45, 7) is 2.92. The van der Waals surface area contributed by atoms with Crippen LogP contribution >= 0.6 is 0 Å². The van der Waals surface area contributed by atoms with Gasteiger partial charge in [-0.2, -0.15) is 0 Å². The predicted octanol–water partition coefficient (Wildman–Crippen LogP) is 2.25. The topological polar surface area (TPSA) is 35.2 Å². The molecule has 0 saturated carbocycles. The number of aryl methyl sites for hydroxylation is 1. The van der Waals surface area contributed by atoms with Crippen LogP contribution < -0.4 is 5.73 Å². The highest BCUT2D eigenvalue weighted by atomic mass is 16.5. The van der Waals surface area contributed by atoms with Crippen LogP contribution in [0.4, 0.5) is 0 Å². The minimum Gasteiger partial charge on any atom is -0.381 e. The number of fused-ring (bicyclic) bond motifs is 1. The summed E-state index contributed by atoms with van der Waals surface area (Å²) in [5.41, 5.74) is 10.2. The van der Waals surface area contributed by atoms with Gasteiger partial charge in [-0.15, -0.1) is 0 Å². The lowest BCUT2D eigenvalue weighted by molar-refractivity contribution is 0.0908. The summed E-state index contributed by atoms with van der Waals surface area (Å²) >= 11 is 0. The van der Waals surface area contributed by atoms with Crippen molar-refractivity contribution in [1.29, 1.82) is 0 Å². The van der Waals surface area contributed by atoms with Crippen LogP contribution in [0, 0.1) is 0 Å². The van der Waals surface area contributed by atoms with E-state index in [0.29, 0.717) is 18.6 Å². The first-order chi connectivity index (χ1) is 7.76. The fourth-order valence-corrected chi connectivity index (χ4v) is 2.57. The molecule has 0 aromatic heterocycles. The molecule has 88 valence electrons. The average Bonchev–Trinajstić information content (AvgIpc) is 2.36. The van der Waals surface area contributed by atoms with Gasteiger partial charge in [0.25, 0.3) is 0 Å². The van der Waals surface area contributed by atoms with Crippen LogP contribution in [0.3, 0.4) is 0 Å². The Kier molecular flexibility index (Phi) is 3.62. The molecule has 1 aliphatic carbocycles. The Morgan fingerprint density at radius 3 is 3.00 bits per heavy atom. The van der Waals surface area contributed by atoms with Crippen LogP contribution in [0.5, 0.6) is 0 Å². The Balaban J connectivity index is 2.34. The van der Waals surface area contributed by atoms with Crippen LogP contribution in [0.2, 0.25) is 0 Å². The van der Waals surface area contributed by atoms with Gasteiger partial charge in [0.15, 0.2) is 0 Å². The van der Waals surface area contributed by atoms with E-state index >= 15 is 0 Å². The molecule has 0 saturated heterocycles. The smallest absolute Gasteiger partial charge is 0.0615 e. The van der Waals surface area contributed by atoms with Crippen molar-refractivity contribution in [3.63, 3.8) is 0 Å². The Morgan fingerprint density at radius 1 is 1.50 bits per heavy atom. The molecule has 0 heterocycles. The minimum absolute atomic E-state index is 0.388. The molecule has 2 atom stereocenters. The van der Waals surface area contributed by atoms with Gasteiger partial charge in [0.2, 0.25) is 0 Å². The van der Waals surface area contributed by atoms with Crippen molar-refractivity contribution in [2.24, 2.45) is 5.73 Å². The predicted molar refractivity (Wildman–Crippen MR) is 66.7 cm³/mol. The van der Waals surface area contributed by atoms with Crippen molar-refractivity contribution < 1.29 is 4.74 Å². The molecule has 2 rings (SSSR count).